The average molecular weight is 305 g/mol. The number of nitrogens with zero attached hydrogens (tertiary/aromatic N) is 1. The first-order valence-electron chi connectivity index (χ1n) is 7.92. The van der Waals surface area contributed by atoms with Gasteiger partial charge >= 0.3 is 0 Å². The summed E-state index contributed by atoms with van der Waals surface area (Å²) in [5.41, 5.74) is 7.63. The highest BCUT2D eigenvalue weighted by molar-refractivity contribution is 5.76. The van der Waals surface area contributed by atoms with Crippen LogP contribution in [0.2, 0.25) is 0 Å². The molecule has 0 spiro atoms. The third kappa shape index (κ3) is 4.71. The number of carbonyl (C=O) groups excluding carboxylic acids is 1. The molecule has 0 atom stereocenters. The van der Waals surface area contributed by atoms with E-state index in [0.717, 1.165) is 37.6 Å². The second-order valence-electron chi connectivity index (χ2n) is 6.39. The number of hydrogen-bond donors (Lipinski definition) is 2. The van der Waals surface area contributed by atoms with E-state index in [1.54, 1.807) is 0 Å². The number of ether oxygens (including phenoxy) is 1. The molecule has 3 N–H and O–H groups in total. The highest BCUT2D eigenvalue weighted by atomic mass is 16.5. The Labute approximate surface area is 132 Å². The molecule has 22 heavy (non-hydrogen) atoms. The van der Waals surface area contributed by atoms with Gasteiger partial charge in [-0.2, -0.15) is 0 Å². The zero-order chi connectivity index (χ0) is 16.0. The fourth-order valence-corrected chi connectivity index (χ4v) is 2.69. The van der Waals surface area contributed by atoms with Crippen LogP contribution >= 0.6 is 0 Å². The maximum Gasteiger partial charge on any atom is 0.220 e. The van der Waals surface area contributed by atoms with Crippen LogP contribution in [0.1, 0.15) is 25.8 Å². The quantitative estimate of drug-likeness (QED) is 0.780. The van der Waals surface area contributed by atoms with Crippen LogP contribution in [0.3, 0.4) is 0 Å². The molecule has 1 aromatic rings. The monoisotopic (exact) mass is 305 g/mol. The first kappa shape index (κ1) is 16.8. The molecule has 1 amide bonds. The van der Waals surface area contributed by atoms with Crippen LogP contribution in [0.4, 0.5) is 5.69 Å². The first-order chi connectivity index (χ1) is 10.5. The van der Waals surface area contributed by atoms with E-state index in [9.17, 15) is 4.79 Å². The van der Waals surface area contributed by atoms with Gasteiger partial charge in [-0.25, -0.2) is 0 Å². The molecule has 0 bridgehead atoms. The van der Waals surface area contributed by atoms with Crippen molar-refractivity contribution in [3.63, 3.8) is 0 Å². The normalized spacial score (nSPS) is 16.5. The number of rotatable bonds is 6. The zero-order valence-electron chi connectivity index (χ0n) is 13.6. The summed E-state index contributed by atoms with van der Waals surface area (Å²) < 4.78 is 5.38. The molecular formula is C17H27N3O2. The van der Waals surface area contributed by atoms with Crippen LogP contribution in [0.15, 0.2) is 24.3 Å². The molecule has 1 aliphatic heterocycles. The Morgan fingerprint density at radius 2 is 2.00 bits per heavy atom. The number of nitrogens with two attached hydrogens (primary N) is 1. The molecule has 0 aromatic heterocycles. The SMILES string of the molecule is CC(C)(CNC(=O)CCc1ccccc1N)N1CCOCC1. The number of amides is 1. The van der Waals surface area contributed by atoms with Crippen molar-refractivity contribution in [2.45, 2.75) is 32.2 Å². The molecule has 122 valence electrons. The van der Waals surface area contributed by atoms with Gasteiger partial charge < -0.3 is 15.8 Å². The van der Waals surface area contributed by atoms with Crippen LogP contribution in [0.5, 0.6) is 0 Å². The van der Waals surface area contributed by atoms with Crippen molar-refractivity contribution in [3.05, 3.63) is 29.8 Å². The molecule has 1 saturated heterocycles. The van der Waals surface area contributed by atoms with Gasteiger partial charge in [0.2, 0.25) is 5.91 Å². The van der Waals surface area contributed by atoms with Crippen LogP contribution in [0, 0.1) is 0 Å². The number of nitrogen functional groups attached to an aromatic ring is 1. The van der Waals surface area contributed by atoms with Gasteiger partial charge in [-0.05, 0) is 31.9 Å². The Bertz CT molecular complexity index is 496. The van der Waals surface area contributed by atoms with E-state index in [2.05, 4.69) is 24.1 Å². The summed E-state index contributed by atoms with van der Waals surface area (Å²) >= 11 is 0. The van der Waals surface area contributed by atoms with Gasteiger partial charge in [-0.15, -0.1) is 0 Å². The van der Waals surface area contributed by atoms with E-state index >= 15 is 0 Å². The minimum Gasteiger partial charge on any atom is -0.399 e. The van der Waals surface area contributed by atoms with Crippen molar-refractivity contribution in [1.29, 1.82) is 0 Å². The number of benzene rings is 1. The molecule has 1 aromatic carbocycles. The molecule has 0 saturated carbocycles. The Hall–Kier alpha value is -1.59. The molecular weight excluding hydrogens is 278 g/mol. The second-order valence-corrected chi connectivity index (χ2v) is 6.39. The van der Waals surface area contributed by atoms with Gasteiger partial charge in [0.25, 0.3) is 0 Å². The molecule has 5 heteroatoms. The van der Waals surface area contributed by atoms with E-state index in [1.807, 2.05) is 24.3 Å². The summed E-state index contributed by atoms with van der Waals surface area (Å²) in [7, 11) is 0. The number of anilines is 1. The number of carbonyl (C=O) groups is 1. The molecule has 1 fully saturated rings. The van der Waals surface area contributed by atoms with Crippen LogP contribution < -0.4 is 11.1 Å². The third-order valence-corrected chi connectivity index (χ3v) is 4.26. The van der Waals surface area contributed by atoms with Crippen molar-refractivity contribution in [2.75, 3.05) is 38.6 Å². The summed E-state index contributed by atoms with van der Waals surface area (Å²) in [6.45, 7) is 8.35. The van der Waals surface area contributed by atoms with Crippen LogP contribution in [-0.4, -0.2) is 49.2 Å². The van der Waals surface area contributed by atoms with Crippen molar-refractivity contribution < 1.29 is 9.53 Å². The smallest absolute Gasteiger partial charge is 0.220 e. The minimum atomic E-state index is -0.0504. The average Bonchev–Trinajstić information content (AvgIpc) is 2.53. The third-order valence-electron chi connectivity index (χ3n) is 4.26. The van der Waals surface area contributed by atoms with Gasteiger partial charge in [0.05, 0.1) is 13.2 Å². The Balaban J connectivity index is 1.76. The number of hydrogen-bond acceptors (Lipinski definition) is 4. The summed E-state index contributed by atoms with van der Waals surface area (Å²) in [4.78, 5) is 14.4. The maximum absolute atomic E-state index is 12.1. The summed E-state index contributed by atoms with van der Waals surface area (Å²) in [5, 5.41) is 3.05. The first-order valence-corrected chi connectivity index (χ1v) is 7.92. The summed E-state index contributed by atoms with van der Waals surface area (Å²) in [5.74, 6) is 0.0737. The lowest BCUT2D eigenvalue weighted by atomic mass is 10.0. The molecule has 1 heterocycles. The Morgan fingerprint density at radius 3 is 2.68 bits per heavy atom. The fourth-order valence-electron chi connectivity index (χ4n) is 2.69. The van der Waals surface area contributed by atoms with Crippen molar-refractivity contribution in [2.24, 2.45) is 0 Å². The van der Waals surface area contributed by atoms with E-state index in [0.29, 0.717) is 19.4 Å². The van der Waals surface area contributed by atoms with Crippen molar-refractivity contribution in [3.8, 4) is 0 Å². The van der Waals surface area contributed by atoms with Crippen LogP contribution in [0.25, 0.3) is 0 Å². The summed E-state index contributed by atoms with van der Waals surface area (Å²) in [6, 6.07) is 7.70. The predicted molar refractivity (Wildman–Crippen MR) is 88.7 cm³/mol. The predicted octanol–water partition coefficient (Wildman–Crippen LogP) is 1.43. The molecule has 0 aliphatic carbocycles. The van der Waals surface area contributed by atoms with Gasteiger partial charge in [0.1, 0.15) is 0 Å². The number of morpholine rings is 1. The van der Waals surface area contributed by atoms with Gasteiger partial charge in [-0.3, -0.25) is 9.69 Å². The van der Waals surface area contributed by atoms with Gasteiger partial charge in [-0.1, -0.05) is 18.2 Å². The van der Waals surface area contributed by atoms with E-state index in [4.69, 9.17) is 10.5 Å². The number of nitrogens with one attached hydrogen (secondary N) is 1. The molecule has 2 rings (SSSR count). The zero-order valence-corrected chi connectivity index (χ0v) is 13.6. The minimum absolute atomic E-state index is 0.0504. The molecule has 1 aliphatic rings. The lowest BCUT2D eigenvalue weighted by Gasteiger charge is -2.40. The van der Waals surface area contributed by atoms with E-state index in [-0.39, 0.29) is 11.4 Å². The maximum atomic E-state index is 12.1. The molecule has 0 radical (unpaired) electrons. The van der Waals surface area contributed by atoms with Crippen LogP contribution in [-0.2, 0) is 16.0 Å². The van der Waals surface area contributed by atoms with Crippen molar-refractivity contribution in [1.82, 2.24) is 10.2 Å². The topological polar surface area (TPSA) is 67.6 Å². The number of aryl methyl sites for hydroxylation is 1. The molecule has 5 nitrogen and oxygen atoms in total. The Morgan fingerprint density at radius 1 is 1.32 bits per heavy atom. The van der Waals surface area contributed by atoms with Gasteiger partial charge in [0.15, 0.2) is 0 Å². The standard InChI is InChI=1S/C17H27N3O2/c1-17(2,20-9-11-22-12-10-20)13-19-16(21)8-7-14-5-3-4-6-15(14)18/h3-6H,7-13,18H2,1-2H3,(H,19,21). The van der Waals surface area contributed by atoms with Crippen molar-refractivity contribution >= 4 is 11.6 Å². The fraction of sp³-hybridized carbons (Fsp3) is 0.588. The van der Waals surface area contributed by atoms with E-state index < -0.39 is 0 Å². The summed E-state index contributed by atoms with van der Waals surface area (Å²) in [6.07, 6.45) is 1.14. The van der Waals surface area contributed by atoms with E-state index in [1.165, 1.54) is 0 Å². The second kappa shape index (κ2) is 7.61. The Kier molecular flexibility index (Phi) is 5.80. The van der Waals surface area contributed by atoms with Gasteiger partial charge in [0, 0.05) is 37.3 Å². The largest absolute Gasteiger partial charge is 0.399 e. The highest BCUT2D eigenvalue weighted by Crippen LogP contribution is 2.16. The number of para-hydroxylation sites is 1. The molecule has 0 unspecified atom stereocenters. The highest BCUT2D eigenvalue weighted by Gasteiger charge is 2.28. The lowest BCUT2D eigenvalue weighted by molar-refractivity contribution is -0.121. The lowest BCUT2D eigenvalue weighted by Crippen LogP contribution is -2.55.